The lowest BCUT2D eigenvalue weighted by Gasteiger charge is -2.14. The highest BCUT2D eigenvalue weighted by atomic mass is 16.6. The Labute approximate surface area is 152 Å². The van der Waals surface area contributed by atoms with E-state index in [4.69, 9.17) is 9.47 Å². The third-order valence-electron chi connectivity index (χ3n) is 3.98. The van der Waals surface area contributed by atoms with Crippen molar-refractivity contribution in [1.82, 2.24) is 0 Å². The van der Waals surface area contributed by atoms with Crippen molar-refractivity contribution in [1.29, 1.82) is 0 Å². The maximum atomic E-state index is 12.3. The van der Waals surface area contributed by atoms with E-state index in [1.165, 1.54) is 19.2 Å². The van der Waals surface area contributed by atoms with Crippen LogP contribution in [-0.4, -0.2) is 24.5 Å². The maximum Gasteiger partial charge on any atom is 0.314 e. The fourth-order valence-corrected chi connectivity index (χ4v) is 2.61. The van der Waals surface area contributed by atoms with Crippen LogP contribution in [0.25, 0.3) is 0 Å². The molecule has 7 heteroatoms. The summed E-state index contributed by atoms with van der Waals surface area (Å²) < 4.78 is 10.3. The summed E-state index contributed by atoms with van der Waals surface area (Å²) >= 11 is 0. The van der Waals surface area contributed by atoms with Crippen LogP contribution in [0.5, 0.6) is 11.5 Å². The molecule has 7 nitrogen and oxygen atoms in total. The first-order valence-corrected chi connectivity index (χ1v) is 8.35. The topological polar surface area (TPSA) is 90.7 Å². The van der Waals surface area contributed by atoms with Gasteiger partial charge in [-0.25, -0.2) is 0 Å². The first kappa shape index (κ1) is 19.2. The molecule has 2 rings (SSSR count). The van der Waals surface area contributed by atoms with Gasteiger partial charge in [-0.2, -0.15) is 0 Å². The molecule has 0 aliphatic heterocycles. The standard InChI is InChI=1S/C19H22N2O5/c1-4-13-7-6-8-14(5-2)19(13)20-18(22)12-26-17-10-9-15(25-3)11-16(17)21(23)24/h6-11H,4-5,12H2,1-3H3,(H,20,22). The number of nitro benzene ring substituents is 1. The maximum absolute atomic E-state index is 12.3. The molecule has 1 amide bonds. The van der Waals surface area contributed by atoms with Crippen LogP contribution in [-0.2, 0) is 17.6 Å². The number of hydrogen-bond acceptors (Lipinski definition) is 5. The molecule has 0 fully saturated rings. The third-order valence-corrected chi connectivity index (χ3v) is 3.98. The van der Waals surface area contributed by atoms with Gasteiger partial charge in [0, 0.05) is 5.69 Å². The molecule has 0 saturated carbocycles. The average molecular weight is 358 g/mol. The van der Waals surface area contributed by atoms with Crippen LogP contribution < -0.4 is 14.8 Å². The first-order valence-electron chi connectivity index (χ1n) is 8.35. The van der Waals surface area contributed by atoms with Gasteiger partial charge in [0.05, 0.1) is 18.1 Å². The number of methoxy groups -OCH3 is 1. The minimum atomic E-state index is -0.572. The molecule has 0 atom stereocenters. The molecule has 0 saturated heterocycles. The summed E-state index contributed by atoms with van der Waals surface area (Å²) in [5.41, 5.74) is 2.61. The second-order valence-corrected chi connectivity index (χ2v) is 5.59. The number of hydrogen-bond donors (Lipinski definition) is 1. The molecule has 0 aromatic heterocycles. The van der Waals surface area contributed by atoms with E-state index in [0.29, 0.717) is 5.75 Å². The summed E-state index contributed by atoms with van der Waals surface area (Å²) in [7, 11) is 1.42. The largest absolute Gasteiger partial charge is 0.496 e. The van der Waals surface area contributed by atoms with Crippen molar-refractivity contribution in [3.8, 4) is 11.5 Å². The third kappa shape index (κ3) is 4.50. The smallest absolute Gasteiger partial charge is 0.314 e. The number of amides is 1. The predicted molar refractivity (Wildman–Crippen MR) is 99.0 cm³/mol. The molecule has 0 bridgehead atoms. The number of nitro groups is 1. The van der Waals surface area contributed by atoms with Crippen molar-refractivity contribution in [2.24, 2.45) is 0 Å². The van der Waals surface area contributed by atoms with Crippen molar-refractivity contribution >= 4 is 17.3 Å². The highest BCUT2D eigenvalue weighted by Crippen LogP contribution is 2.31. The van der Waals surface area contributed by atoms with E-state index in [9.17, 15) is 14.9 Å². The van der Waals surface area contributed by atoms with Gasteiger partial charge >= 0.3 is 5.69 Å². The van der Waals surface area contributed by atoms with Crippen LogP contribution in [0.1, 0.15) is 25.0 Å². The Morgan fingerprint density at radius 2 is 1.81 bits per heavy atom. The number of carbonyl (C=O) groups excluding carboxylic acids is 1. The van der Waals surface area contributed by atoms with Gasteiger partial charge in [0.1, 0.15) is 5.75 Å². The monoisotopic (exact) mass is 358 g/mol. The van der Waals surface area contributed by atoms with E-state index in [1.807, 2.05) is 32.0 Å². The summed E-state index contributed by atoms with van der Waals surface area (Å²) in [5, 5.41) is 14.0. The highest BCUT2D eigenvalue weighted by Gasteiger charge is 2.18. The molecule has 138 valence electrons. The SMILES string of the molecule is CCc1cccc(CC)c1NC(=O)COc1ccc(OC)cc1[N+](=O)[O-]. The molecule has 2 aromatic rings. The van der Waals surface area contributed by atoms with Gasteiger partial charge in [-0.05, 0) is 36.1 Å². The van der Waals surface area contributed by atoms with Crippen molar-refractivity contribution in [2.75, 3.05) is 19.0 Å². The molecule has 0 unspecified atom stereocenters. The lowest BCUT2D eigenvalue weighted by Crippen LogP contribution is -2.22. The molecule has 1 N–H and O–H groups in total. The van der Waals surface area contributed by atoms with Gasteiger partial charge in [-0.1, -0.05) is 32.0 Å². The Kier molecular flexibility index (Phi) is 6.54. The van der Waals surface area contributed by atoms with Gasteiger partial charge in [0.25, 0.3) is 5.91 Å². The van der Waals surface area contributed by atoms with E-state index in [-0.39, 0.29) is 24.0 Å². The van der Waals surface area contributed by atoms with Crippen LogP contribution in [0, 0.1) is 10.1 Å². The minimum absolute atomic E-state index is 0.0189. The number of para-hydroxylation sites is 1. The highest BCUT2D eigenvalue weighted by molar-refractivity contribution is 5.93. The summed E-state index contributed by atoms with van der Waals surface area (Å²) in [4.78, 5) is 22.9. The van der Waals surface area contributed by atoms with Crippen LogP contribution in [0.4, 0.5) is 11.4 Å². The fraction of sp³-hybridized carbons (Fsp3) is 0.316. The average Bonchev–Trinajstić information content (AvgIpc) is 2.66. The summed E-state index contributed by atoms with van der Waals surface area (Å²) in [6, 6.07) is 10.1. The van der Waals surface area contributed by atoms with Gasteiger partial charge < -0.3 is 14.8 Å². The van der Waals surface area contributed by atoms with Crippen molar-refractivity contribution in [3.63, 3.8) is 0 Å². The number of rotatable bonds is 8. The van der Waals surface area contributed by atoms with Gasteiger partial charge in [0.2, 0.25) is 0 Å². The second kappa shape index (κ2) is 8.84. The number of aryl methyl sites for hydroxylation is 2. The van der Waals surface area contributed by atoms with E-state index < -0.39 is 4.92 Å². The van der Waals surface area contributed by atoms with Crippen LogP contribution in [0.2, 0.25) is 0 Å². The normalized spacial score (nSPS) is 10.3. The molecule has 0 aliphatic rings. The lowest BCUT2D eigenvalue weighted by molar-refractivity contribution is -0.385. The Balaban J connectivity index is 2.12. The number of anilines is 1. The first-order chi connectivity index (χ1) is 12.5. The van der Waals surface area contributed by atoms with Gasteiger partial charge in [0.15, 0.2) is 12.4 Å². The summed E-state index contributed by atoms with van der Waals surface area (Å²) in [5.74, 6) is -0.00544. The summed E-state index contributed by atoms with van der Waals surface area (Å²) in [6.45, 7) is 3.71. The fourth-order valence-electron chi connectivity index (χ4n) is 2.61. The molecular weight excluding hydrogens is 336 g/mol. The van der Waals surface area contributed by atoms with E-state index >= 15 is 0 Å². The van der Waals surface area contributed by atoms with E-state index in [0.717, 1.165) is 29.7 Å². The number of benzene rings is 2. The van der Waals surface area contributed by atoms with Crippen molar-refractivity contribution < 1.29 is 19.2 Å². The minimum Gasteiger partial charge on any atom is -0.496 e. The predicted octanol–water partition coefficient (Wildman–Crippen LogP) is 3.75. The molecule has 2 aromatic carbocycles. The Morgan fingerprint density at radius 1 is 1.15 bits per heavy atom. The second-order valence-electron chi connectivity index (χ2n) is 5.59. The van der Waals surface area contributed by atoms with Crippen LogP contribution in [0.3, 0.4) is 0 Å². The zero-order chi connectivity index (χ0) is 19.1. The number of ether oxygens (including phenoxy) is 2. The van der Waals surface area contributed by atoms with E-state index in [1.54, 1.807) is 6.07 Å². The quantitative estimate of drug-likeness (QED) is 0.573. The Morgan fingerprint density at radius 3 is 2.35 bits per heavy atom. The number of nitrogens with one attached hydrogen (secondary N) is 1. The van der Waals surface area contributed by atoms with Crippen molar-refractivity contribution in [2.45, 2.75) is 26.7 Å². The van der Waals surface area contributed by atoms with Gasteiger partial charge in [-0.3, -0.25) is 14.9 Å². The van der Waals surface area contributed by atoms with Crippen molar-refractivity contribution in [3.05, 3.63) is 57.6 Å². The summed E-state index contributed by atoms with van der Waals surface area (Å²) in [6.07, 6.45) is 1.57. The molecule has 0 heterocycles. The Bertz CT molecular complexity index is 782. The Hall–Kier alpha value is -3.09. The van der Waals surface area contributed by atoms with Crippen LogP contribution >= 0.6 is 0 Å². The van der Waals surface area contributed by atoms with Gasteiger partial charge in [-0.15, -0.1) is 0 Å². The molecular formula is C19H22N2O5. The lowest BCUT2D eigenvalue weighted by atomic mass is 10.0. The number of nitrogens with zero attached hydrogens (tertiary/aromatic N) is 1. The zero-order valence-electron chi connectivity index (χ0n) is 15.1. The molecule has 0 aliphatic carbocycles. The molecule has 0 radical (unpaired) electrons. The number of carbonyl (C=O) groups is 1. The van der Waals surface area contributed by atoms with Crippen LogP contribution in [0.15, 0.2) is 36.4 Å². The molecule has 26 heavy (non-hydrogen) atoms. The molecule has 0 spiro atoms. The van der Waals surface area contributed by atoms with E-state index in [2.05, 4.69) is 5.32 Å². The zero-order valence-corrected chi connectivity index (χ0v) is 15.1.